The summed E-state index contributed by atoms with van der Waals surface area (Å²) in [5.41, 5.74) is 1.18. The first-order chi connectivity index (χ1) is 8.01. The fourth-order valence-electron chi connectivity index (χ4n) is 2.09. The molecule has 1 atom stereocenters. The van der Waals surface area contributed by atoms with Crippen LogP contribution in [-0.2, 0) is 5.60 Å². The second kappa shape index (κ2) is 4.30. The molecule has 2 rings (SSSR count). The van der Waals surface area contributed by atoms with E-state index in [1.807, 2.05) is 30.3 Å². The Labute approximate surface area is 101 Å². The third-order valence-corrected chi connectivity index (χ3v) is 3.05. The molecular formula is C15H15FO. The number of hydrogen-bond donors (Lipinski definition) is 1. The molecule has 1 N–H and O–H groups in total. The van der Waals surface area contributed by atoms with Gasteiger partial charge in [0.15, 0.2) is 0 Å². The summed E-state index contributed by atoms with van der Waals surface area (Å²) in [6.45, 7) is 3.53. The number of rotatable bonds is 2. The summed E-state index contributed by atoms with van der Waals surface area (Å²) >= 11 is 0. The highest BCUT2D eigenvalue weighted by molar-refractivity contribution is 5.39. The molecule has 0 aliphatic carbocycles. The molecule has 1 nitrogen and oxygen atoms in total. The molecule has 0 spiro atoms. The standard InChI is InChI=1S/C15H15FO/c1-11-10-13(16)8-9-14(11)15(2,17)12-6-4-3-5-7-12/h3-10,17H,1-2H3. The zero-order chi connectivity index (χ0) is 12.5. The van der Waals surface area contributed by atoms with Crippen LogP contribution >= 0.6 is 0 Å². The molecule has 0 saturated heterocycles. The fraction of sp³-hybridized carbons (Fsp3) is 0.200. The normalized spacial score (nSPS) is 14.4. The summed E-state index contributed by atoms with van der Waals surface area (Å²) < 4.78 is 13.1. The van der Waals surface area contributed by atoms with E-state index in [-0.39, 0.29) is 5.82 Å². The number of benzene rings is 2. The Balaban J connectivity index is 2.52. The van der Waals surface area contributed by atoms with Crippen LogP contribution in [0.1, 0.15) is 23.6 Å². The zero-order valence-electron chi connectivity index (χ0n) is 9.94. The van der Waals surface area contributed by atoms with Crippen molar-refractivity contribution in [2.75, 3.05) is 0 Å². The van der Waals surface area contributed by atoms with Crippen molar-refractivity contribution in [3.05, 3.63) is 71.0 Å². The molecule has 0 fully saturated rings. The lowest BCUT2D eigenvalue weighted by Gasteiger charge is -2.26. The highest BCUT2D eigenvalue weighted by atomic mass is 19.1. The summed E-state index contributed by atoms with van der Waals surface area (Å²) in [7, 11) is 0. The molecule has 0 aliphatic rings. The van der Waals surface area contributed by atoms with Crippen molar-refractivity contribution >= 4 is 0 Å². The van der Waals surface area contributed by atoms with Crippen LogP contribution < -0.4 is 0 Å². The van der Waals surface area contributed by atoms with Crippen molar-refractivity contribution < 1.29 is 9.50 Å². The van der Waals surface area contributed by atoms with E-state index in [0.717, 1.165) is 16.7 Å². The quantitative estimate of drug-likeness (QED) is 0.838. The highest BCUT2D eigenvalue weighted by Crippen LogP contribution is 2.31. The maximum atomic E-state index is 13.1. The van der Waals surface area contributed by atoms with E-state index < -0.39 is 5.60 Å². The number of aliphatic hydroxyl groups is 1. The second-order valence-electron chi connectivity index (χ2n) is 4.40. The van der Waals surface area contributed by atoms with Crippen LogP contribution in [0.3, 0.4) is 0 Å². The Morgan fingerprint density at radius 1 is 1.06 bits per heavy atom. The first kappa shape index (κ1) is 11.8. The summed E-state index contributed by atoms with van der Waals surface area (Å²) in [5.74, 6) is -0.282. The van der Waals surface area contributed by atoms with Gasteiger partial charge in [-0.05, 0) is 42.7 Å². The second-order valence-corrected chi connectivity index (χ2v) is 4.40. The molecule has 88 valence electrons. The SMILES string of the molecule is Cc1cc(F)ccc1C(C)(O)c1ccccc1. The van der Waals surface area contributed by atoms with Gasteiger partial charge in [0.25, 0.3) is 0 Å². The highest BCUT2D eigenvalue weighted by Gasteiger charge is 2.26. The topological polar surface area (TPSA) is 20.2 Å². The average Bonchev–Trinajstić information content (AvgIpc) is 2.29. The molecule has 0 amide bonds. The van der Waals surface area contributed by atoms with Crippen LogP contribution in [0.4, 0.5) is 4.39 Å². The molecule has 0 heterocycles. The molecule has 2 heteroatoms. The maximum absolute atomic E-state index is 13.1. The van der Waals surface area contributed by atoms with E-state index in [9.17, 15) is 9.50 Å². The Morgan fingerprint density at radius 3 is 2.29 bits per heavy atom. The number of hydrogen-bond acceptors (Lipinski definition) is 1. The fourth-order valence-corrected chi connectivity index (χ4v) is 2.09. The lowest BCUT2D eigenvalue weighted by molar-refractivity contribution is 0.101. The van der Waals surface area contributed by atoms with Gasteiger partial charge >= 0.3 is 0 Å². The molecular weight excluding hydrogens is 215 g/mol. The van der Waals surface area contributed by atoms with Gasteiger partial charge in [-0.15, -0.1) is 0 Å². The number of halogens is 1. The van der Waals surface area contributed by atoms with E-state index in [1.165, 1.54) is 12.1 Å². The molecule has 0 bridgehead atoms. The predicted octanol–water partition coefficient (Wildman–Crippen LogP) is 3.39. The lowest BCUT2D eigenvalue weighted by Crippen LogP contribution is -2.23. The van der Waals surface area contributed by atoms with Crippen LogP contribution in [-0.4, -0.2) is 5.11 Å². The van der Waals surface area contributed by atoms with Crippen molar-refractivity contribution in [3.8, 4) is 0 Å². The van der Waals surface area contributed by atoms with Crippen LogP contribution in [0.5, 0.6) is 0 Å². The van der Waals surface area contributed by atoms with Gasteiger partial charge in [0, 0.05) is 0 Å². The van der Waals surface area contributed by atoms with Gasteiger partial charge in [-0.3, -0.25) is 0 Å². The van der Waals surface area contributed by atoms with Crippen molar-refractivity contribution in [2.24, 2.45) is 0 Å². The van der Waals surface area contributed by atoms with Crippen molar-refractivity contribution in [1.82, 2.24) is 0 Å². The largest absolute Gasteiger partial charge is 0.381 e. The first-order valence-electron chi connectivity index (χ1n) is 5.56. The monoisotopic (exact) mass is 230 g/mol. The van der Waals surface area contributed by atoms with Crippen molar-refractivity contribution in [1.29, 1.82) is 0 Å². The Morgan fingerprint density at radius 2 is 1.71 bits per heavy atom. The molecule has 2 aromatic carbocycles. The molecule has 1 unspecified atom stereocenters. The van der Waals surface area contributed by atoms with Crippen molar-refractivity contribution in [2.45, 2.75) is 19.4 Å². The molecule has 2 aromatic rings. The Hall–Kier alpha value is -1.67. The number of aryl methyl sites for hydroxylation is 1. The zero-order valence-corrected chi connectivity index (χ0v) is 9.94. The average molecular weight is 230 g/mol. The molecule has 0 radical (unpaired) electrons. The van der Waals surface area contributed by atoms with E-state index in [0.29, 0.717) is 0 Å². The van der Waals surface area contributed by atoms with Crippen LogP contribution in [0.15, 0.2) is 48.5 Å². The third-order valence-electron chi connectivity index (χ3n) is 3.05. The minimum atomic E-state index is -1.10. The van der Waals surface area contributed by atoms with E-state index in [2.05, 4.69) is 0 Å². The smallest absolute Gasteiger partial charge is 0.123 e. The predicted molar refractivity (Wildman–Crippen MR) is 66.3 cm³/mol. The Bertz CT molecular complexity index is 518. The van der Waals surface area contributed by atoms with Gasteiger partial charge in [-0.1, -0.05) is 36.4 Å². The van der Waals surface area contributed by atoms with Gasteiger partial charge in [-0.25, -0.2) is 4.39 Å². The third kappa shape index (κ3) is 2.22. The van der Waals surface area contributed by atoms with Crippen LogP contribution in [0.25, 0.3) is 0 Å². The van der Waals surface area contributed by atoms with Crippen LogP contribution in [0.2, 0.25) is 0 Å². The van der Waals surface area contributed by atoms with Gasteiger partial charge in [0.2, 0.25) is 0 Å². The molecule has 0 aromatic heterocycles. The van der Waals surface area contributed by atoms with Crippen LogP contribution in [0, 0.1) is 12.7 Å². The van der Waals surface area contributed by atoms with E-state index in [4.69, 9.17) is 0 Å². The minimum absolute atomic E-state index is 0.282. The van der Waals surface area contributed by atoms with Gasteiger partial charge in [0.05, 0.1) is 0 Å². The lowest BCUT2D eigenvalue weighted by atomic mass is 9.86. The Kier molecular flexibility index (Phi) is 2.99. The first-order valence-corrected chi connectivity index (χ1v) is 5.56. The molecule has 0 aliphatic heterocycles. The van der Waals surface area contributed by atoms with E-state index in [1.54, 1.807) is 19.9 Å². The van der Waals surface area contributed by atoms with Gasteiger partial charge in [-0.2, -0.15) is 0 Å². The summed E-state index contributed by atoms with van der Waals surface area (Å²) in [6, 6.07) is 13.8. The summed E-state index contributed by atoms with van der Waals surface area (Å²) in [5, 5.41) is 10.6. The summed E-state index contributed by atoms with van der Waals surface area (Å²) in [4.78, 5) is 0. The summed E-state index contributed by atoms with van der Waals surface area (Å²) in [6.07, 6.45) is 0. The molecule has 17 heavy (non-hydrogen) atoms. The minimum Gasteiger partial charge on any atom is -0.381 e. The molecule has 0 saturated carbocycles. The van der Waals surface area contributed by atoms with Gasteiger partial charge in [0.1, 0.15) is 11.4 Å². The van der Waals surface area contributed by atoms with Crippen molar-refractivity contribution in [3.63, 3.8) is 0 Å². The maximum Gasteiger partial charge on any atom is 0.123 e. The van der Waals surface area contributed by atoms with Gasteiger partial charge < -0.3 is 5.11 Å². The van der Waals surface area contributed by atoms with E-state index >= 15 is 0 Å².